The minimum absolute atomic E-state index is 0.0781. The van der Waals surface area contributed by atoms with Crippen LogP contribution in [0, 0.1) is 10.1 Å². The Kier molecular flexibility index (Phi) is 4.31. The molecule has 1 heterocycles. The summed E-state index contributed by atoms with van der Waals surface area (Å²) in [4.78, 5) is 10.3. The smallest absolute Gasteiger partial charge is 0.275 e. The van der Waals surface area contributed by atoms with E-state index < -0.39 is 42.1 Å². The predicted octanol–water partition coefficient (Wildman–Crippen LogP) is -0.890. The van der Waals surface area contributed by atoms with E-state index in [0.29, 0.717) is 0 Å². The molecule has 0 bridgehead atoms. The molecule has 0 aliphatic carbocycles. The van der Waals surface area contributed by atoms with Gasteiger partial charge in [0.1, 0.15) is 30.5 Å². The van der Waals surface area contributed by atoms with Gasteiger partial charge in [0, 0.05) is 6.07 Å². The molecule has 1 saturated heterocycles. The molecule has 8 nitrogen and oxygen atoms in total. The topological polar surface area (TPSA) is 133 Å². The first-order chi connectivity index (χ1) is 9.47. The summed E-state index contributed by atoms with van der Waals surface area (Å²) in [7, 11) is 0. The lowest BCUT2D eigenvalue weighted by Gasteiger charge is -2.39. The van der Waals surface area contributed by atoms with Gasteiger partial charge in [-0.25, -0.2) is 0 Å². The zero-order chi connectivity index (χ0) is 14.9. The molecule has 2 rings (SSSR count). The lowest BCUT2D eigenvalue weighted by Crippen LogP contribution is -2.55. The number of hydrogen-bond donors (Lipinski definition) is 4. The van der Waals surface area contributed by atoms with Crippen LogP contribution in [0.1, 0.15) is 11.7 Å². The number of benzene rings is 1. The summed E-state index contributed by atoms with van der Waals surface area (Å²) >= 11 is 0. The average Bonchev–Trinajstić information content (AvgIpc) is 2.45. The van der Waals surface area contributed by atoms with E-state index in [1.807, 2.05) is 0 Å². The molecule has 1 aromatic rings. The van der Waals surface area contributed by atoms with Gasteiger partial charge in [-0.05, 0) is 6.07 Å². The Labute approximate surface area is 114 Å². The maximum absolute atomic E-state index is 11.0. The SMILES string of the molecule is O=[N+]([O-])c1ccccc1C1O[C@H](CO)[C@H](O)[C@H](O)[C@H]1O. The first-order valence-electron chi connectivity index (χ1n) is 6.01. The van der Waals surface area contributed by atoms with Crippen molar-refractivity contribution in [3.63, 3.8) is 0 Å². The van der Waals surface area contributed by atoms with Gasteiger partial charge >= 0.3 is 0 Å². The summed E-state index contributed by atoms with van der Waals surface area (Å²) in [6.45, 7) is -0.581. The summed E-state index contributed by atoms with van der Waals surface area (Å²) in [6, 6.07) is 5.64. The van der Waals surface area contributed by atoms with Crippen molar-refractivity contribution in [2.45, 2.75) is 30.5 Å². The van der Waals surface area contributed by atoms with Crippen molar-refractivity contribution in [3.8, 4) is 0 Å². The number of aliphatic hydroxyl groups excluding tert-OH is 4. The molecule has 5 atom stereocenters. The fourth-order valence-corrected chi connectivity index (χ4v) is 2.25. The van der Waals surface area contributed by atoms with Crippen LogP contribution in [0.2, 0.25) is 0 Å². The van der Waals surface area contributed by atoms with Gasteiger partial charge in [0.05, 0.1) is 17.1 Å². The first kappa shape index (κ1) is 14.8. The van der Waals surface area contributed by atoms with Crippen molar-refractivity contribution in [1.29, 1.82) is 0 Å². The van der Waals surface area contributed by atoms with Crippen molar-refractivity contribution < 1.29 is 30.1 Å². The van der Waals surface area contributed by atoms with Gasteiger partial charge in [0.2, 0.25) is 0 Å². The van der Waals surface area contributed by atoms with Crippen LogP contribution in [0.4, 0.5) is 5.69 Å². The molecule has 110 valence electrons. The van der Waals surface area contributed by atoms with Crippen LogP contribution >= 0.6 is 0 Å². The molecule has 0 radical (unpaired) electrons. The largest absolute Gasteiger partial charge is 0.394 e. The molecule has 0 saturated carbocycles. The van der Waals surface area contributed by atoms with Crippen LogP contribution < -0.4 is 0 Å². The number of ether oxygens (including phenoxy) is 1. The van der Waals surface area contributed by atoms with Crippen LogP contribution in [-0.2, 0) is 4.74 Å². The second-order valence-electron chi connectivity index (χ2n) is 4.57. The average molecular weight is 285 g/mol. The number of nitro benzene ring substituents is 1. The molecule has 0 spiro atoms. The summed E-state index contributed by atoms with van der Waals surface area (Å²) in [5, 5.41) is 49.4. The molecule has 8 heteroatoms. The van der Waals surface area contributed by atoms with Gasteiger partial charge < -0.3 is 25.2 Å². The number of para-hydroxylation sites is 1. The van der Waals surface area contributed by atoms with Crippen molar-refractivity contribution in [2.24, 2.45) is 0 Å². The Balaban J connectivity index is 2.39. The van der Waals surface area contributed by atoms with E-state index in [4.69, 9.17) is 9.84 Å². The zero-order valence-electron chi connectivity index (χ0n) is 10.4. The van der Waals surface area contributed by atoms with Crippen LogP contribution in [-0.4, -0.2) is 56.4 Å². The minimum Gasteiger partial charge on any atom is -0.394 e. The van der Waals surface area contributed by atoms with Gasteiger partial charge in [-0.15, -0.1) is 0 Å². The fraction of sp³-hybridized carbons (Fsp3) is 0.500. The molecule has 4 N–H and O–H groups in total. The Morgan fingerprint density at radius 3 is 2.40 bits per heavy atom. The third-order valence-electron chi connectivity index (χ3n) is 3.33. The van der Waals surface area contributed by atoms with Gasteiger partial charge in [-0.1, -0.05) is 12.1 Å². The lowest BCUT2D eigenvalue weighted by molar-refractivity contribution is -0.387. The maximum atomic E-state index is 11.0. The summed E-state index contributed by atoms with van der Waals surface area (Å²) in [5.74, 6) is 0. The van der Waals surface area contributed by atoms with Crippen LogP contribution in [0.5, 0.6) is 0 Å². The highest BCUT2D eigenvalue weighted by molar-refractivity contribution is 5.42. The van der Waals surface area contributed by atoms with Crippen molar-refractivity contribution in [3.05, 3.63) is 39.9 Å². The molecule has 1 fully saturated rings. The number of nitrogens with zero attached hydrogens (tertiary/aromatic N) is 1. The highest BCUT2D eigenvalue weighted by Gasteiger charge is 2.45. The monoisotopic (exact) mass is 285 g/mol. The molecule has 1 unspecified atom stereocenters. The molecular formula is C12H15NO7. The second kappa shape index (κ2) is 5.81. The summed E-state index contributed by atoms with van der Waals surface area (Å²) < 4.78 is 5.29. The van der Waals surface area contributed by atoms with Gasteiger partial charge in [-0.3, -0.25) is 10.1 Å². The minimum atomic E-state index is -1.56. The van der Waals surface area contributed by atoms with Crippen molar-refractivity contribution in [1.82, 2.24) is 0 Å². The standard InChI is InChI=1S/C12H15NO7/c14-5-8-9(15)10(16)11(17)12(20-8)6-3-1-2-4-7(6)13(18)19/h1-4,8-12,14-17H,5H2/t8-,9+,10+,11-,12?/m1/s1. The normalized spacial score (nSPS) is 33.9. The van der Waals surface area contributed by atoms with Crippen LogP contribution in [0.15, 0.2) is 24.3 Å². The Morgan fingerprint density at radius 1 is 1.15 bits per heavy atom. The third kappa shape index (κ3) is 2.51. The highest BCUT2D eigenvalue weighted by Crippen LogP contribution is 2.36. The van der Waals surface area contributed by atoms with Crippen molar-refractivity contribution in [2.75, 3.05) is 6.61 Å². The molecule has 0 aromatic heterocycles. The Hall–Kier alpha value is -1.58. The maximum Gasteiger partial charge on any atom is 0.275 e. The van der Waals surface area contributed by atoms with E-state index >= 15 is 0 Å². The highest BCUT2D eigenvalue weighted by atomic mass is 16.6. The van der Waals surface area contributed by atoms with E-state index in [-0.39, 0.29) is 11.3 Å². The molecular weight excluding hydrogens is 270 g/mol. The van der Waals surface area contributed by atoms with Gasteiger partial charge in [-0.2, -0.15) is 0 Å². The van der Waals surface area contributed by atoms with Crippen molar-refractivity contribution >= 4 is 5.69 Å². The number of nitro groups is 1. The second-order valence-corrected chi connectivity index (χ2v) is 4.57. The molecule has 0 amide bonds. The molecule has 1 aliphatic rings. The summed E-state index contributed by atoms with van der Waals surface area (Å²) in [6.07, 6.45) is -6.89. The molecule has 1 aliphatic heterocycles. The van der Waals surface area contributed by atoms with Gasteiger partial charge in [0.25, 0.3) is 5.69 Å². The van der Waals surface area contributed by atoms with Gasteiger partial charge in [0.15, 0.2) is 0 Å². The Bertz CT molecular complexity index is 492. The number of rotatable bonds is 3. The van der Waals surface area contributed by atoms with E-state index in [9.17, 15) is 25.4 Å². The number of hydrogen-bond acceptors (Lipinski definition) is 7. The third-order valence-corrected chi connectivity index (χ3v) is 3.33. The lowest BCUT2D eigenvalue weighted by atomic mass is 9.90. The molecule has 20 heavy (non-hydrogen) atoms. The zero-order valence-corrected chi connectivity index (χ0v) is 10.4. The van der Waals surface area contributed by atoms with E-state index in [1.54, 1.807) is 0 Å². The quantitative estimate of drug-likeness (QED) is 0.418. The predicted molar refractivity (Wildman–Crippen MR) is 65.8 cm³/mol. The van der Waals surface area contributed by atoms with Crippen LogP contribution in [0.3, 0.4) is 0 Å². The van der Waals surface area contributed by atoms with E-state index in [0.717, 1.165) is 0 Å². The Morgan fingerprint density at radius 2 is 1.80 bits per heavy atom. The van der Waals surface area contributed by atoms with E-state index in [2.05, 4.69) is 0 Å². The number of aliphatic hydroxyl groups is 4. The first-order valence-corrected chi connectivity index (χ1v) is 6.01. The summed E-state index contributed by atoms with van der Waals surface area (Å²) in [5.41, 5.74) is -0.189. The molecule has 1 aromatic carbocycles. The van der Waals surface area contributed by atoms with E-state index in [1.165, 1.54) is 24.3 Å². The fourth-order valence-electron chi connectivity index (χ4n) is 2.25. The van der Waals surface area contributed by atoms with Crippen LogP contribution in [0.25, 0.3) is 0 Å².